The highest BCUT2D eigenvalue weighted by Crippen LogP contribution is 2.36. The second-order valence-electron chi connectivity index (χ2n) is 8.48. The van der Waals surface area contributed by atoms with E-state index < -0.39 is 12.2 Å². The molecule has 0 N–H and O–H groups in total. The van der Waals surface area contributed by atoms with Gasteiger partial charge < -0.3 is 4.74 Å². The fraction of sp³-hybridized carbons (Fsp3) is 0.143. The van der Waals surface area contributed by atoms with Crippen molar-refractivity contribution in [3.63, 3.8) is 0 Å². The predicted molar refractivity (Wildman–Crippen MR) is 126 cm³/mol. The molecule has 1 amide bonds. The quantitative estimate of drug-likeness (QED) is 0.252. The van der Waals surface area contributed by atoms with Gasteiger partial charge in [-0.15, -0.1) is 0 Å². The van der Waals surface area contributed by atoms with Crippen molar-refractivity contribution in [3.8, 4) is 0 Å². The Hall–Kier alpha value is -3.92. The van der Waals surface area contributed by atoms with E-state index >= 15 is 0 Å². The van der Waals surface area contributed by atoms with Crippen LogP contribution in [0.5, 0.6) is 0 Å². The van der Waals surface area contributed by atoms with Crippen LogP contribution in [0.25, 0.3) is 32.3 Å². The van der Waals surface area contributed by atoms with Crippen LogP contribution in [0.4, 0.5) is 4.79 Å². The Labute approximate surface area is 185 Å². The highest BCUT2D eigenvalue weighted by atomic mass is 16.6. The molecular weight excluding hydrogens is 398 g/mol. The number of hydrogen-bond acceptors (Lipinski definition) is 3. The normalized spacial score (nSPS) is 17.3. The molecule has 32 heavy (non-hydrogen) atoms. The van der Waals surface area contributed by atoms with E-state index in [1.54, 1.807) is 4.90 Å². The molecule has 4 nitrogen and oxygen atoms in total. The van der Waals surface area contributed by atoms with Gasteiger partial charge in [0.05, 0.1) is 12.6 Å². The maximum absolute atomic E-state index is 13.4. The minimum Gasteiger partial charge on any atom is -0.436 e. The van der Waals surface area contributed by atoms with Gasteiger partial charge in [0.1, 0.15) is 0 Å². The summed E-state index contributed by atoms with van der Waals surface area (Å²) in [5.41, 5.74) is 1.59. The molecule has 5 aromatic carbocycles. The van der Waals surface area contributed by atoms with Crippen molar-refractivity contribution in [3.05, 3.63) is 96.1 Å². The van der Waals surface area contributed by atoms with Gasteiger partial charge in [0.2, 0.25) is 5.78 Å². The van der Waals surface area contributed by atoms with E-state index in [0.29, 0.717) is 5.56 Å². The van der Waals surface area contributed by atoms with Crippen LogP contribution in [0.3, 0.4) is 0 Å². The van der Waals surface area contributed by atoms with Gasteiger partial charge in [-0.25, -0.2) is 4.79 Å². The van der Waals surface area contributed by atoms with Gasteiger partial charge in [-0.2, -0.15) is 0 Å². The highest BCUT2D eigenvalue weighted by Gasteiger charge is 2.39. The summed E-state index contributed by atoms with van der Waals surface area (Å²) in [6.07, 6.45) is -1.25. The average Bonchev–Trinajstić information content (AvgIpc) is 3.23. The summed E-state index contributed by atoms with van der Waals surface area (Å²) in [4.78, 5) is 27.6. The Balaban J connectivity index is 1.35. The lowest BCUT2D eigenvalue weighted by Crippen LogP contribution is -2.30. The number of cyclic esters (lactones) is 1. The number of nitrogens with zero attached hydrogens (tertiary/aromatic N) is 1. The van der Waals surface area contributed by atoms with Gasteiger partial charge >= 0.3 is 6.09 Å². The number of Topliss-reactive ketones (excluding diaryl/α,β-unsaturated/α-hetero) is 1. The summed E-state index contributed by atoms with van der Waals surface area (Å²) in [5.74, 6) is -0.161. The minimum absolute atomic E-state index is 0.160. The van der Waals surface area contributed by atoms with E-state index in [0.717, 1.165) is 16.3 Å². The first kappa shape index (κ1) is 18.8. The summed E-state index contributed by atoms with van der Waals surface area (Å²) in [6.45, 7) is 2.20. The molecule has 5 aromatic rings. The van der Waals surface area contributed by atoms with Crippen LogP contribution in [-0.4, -0.2) is 29.4 Å². The first-order valence-electron chi connectivity index (χ1n) is 10.8. The van der Waals surface area contributed by atoms with E-state index in [2.05, 4.69) is 42.5 Å². The van der Waals surface area contributed by atoms with Crippen LogP contribution in [0.2, 0.25) is 0 Å². The molecule has 2 atom stereocenters. The molecule has 0 aliphatic carbocycles. The van der Waals surface area contributed by atoms with E-state index in [4.69, 9.17) is 4.74 Å². The number of ether oxygens (including phenoxy) is 1. The van der Waals surface area contributed by atoms with Gasteiger partial charge in [0.15, 0.2) is 6.10 Å². The molecule has 0 unspecified atom stereocenters. The number of hydrogen-bond donors (Lipinski definition) is 0. The van der Waals surface area contributed by atoms with E-state index in [9.17, 15) is 9.59 Å². The van der Waals surface area contributed by atoms with Gasteiger partial charge in [0.25, 0.3) is 0 Å². The van der Waals surface area contributed by atoms with Crippen LogP contribution in [0.1, 0.15) is 28.9 Å². The molecule has 0 aromatic heterocycles. The smallest absolute Gasteiger partial charge is 0.411 e. The molecule has 1 aliphatic heterocycles. The molecule has 0 spiro atoms. The van der Waals surface area contributed by atoms with E-state index in [1.165, 1.54) is 21.5 Å². The topological polar surface area (TPSA) is 46.6 Å². The molecule has 0 saturated carbocycles. The number of rotatable bonds is 4. The summed E-state index contributed by atoms with van der Waals surface area (Å²) < 4.78 is 5.52. The van der Waals surface area contributed by atoms with Gasteiger partial charge in [-0.1, -0.05) is 72.8 Å². The Kier molecular flexibility index (Phi) is 4.15. The van der Waals surface area contributed by atoms with E-state index in [1.807, 2.05) is 49.4 Å². The van der Waals surface area contributed by atoms with Gasteiger partial charge in [-0.3, -0.25) is 9.69 Å². The SMILES string of the molecule is C[C@H](c1ccccc1)N1C[C@@H](C(=O)c2cc3ccc4cccc5ccc(c2)c3c45)OC1=O. The van der Waals surface area contributed by atoms with E-state index in [-0.39, 0.29) is 18.4 Å². The number of benzene rings is 5. The molecule has 1 heterocycles. The van der Waals surface area contributed by atoms with Crippen molar-refractivity contribution in [1.82, 2.24) is 4.90 Å². The number of ketones is 1. The Bertz CT molecular complexity index is 1430. The first-order chi connectivity index (χ1) is 15.6. The Morgan fingerprint density at radius 3 is 2.09 bits per heavy atom. The lowest BCUT2D eigenvalue weighted by atomic mass is 9.91. The van der Waals surface area contributed by atoms with Crippen molar-refractivity contribution in [2.24, 2.45) is 0 Å². The van der Waals surface area contributed by atoms with Crippen molar-refractivity contribution >= 4 is 44.2 Å². The summed E-state index contributed by atoms with van der Waals surface area (Å²) in [5, 5.41) is 6.81. The number of carbonyl (C=O) groups is 2. The Morgan fingerprint density at radius 2 is 1.44 bits per heavy atom. The third kappa shape index (κ3) is 2.83. The summed E-state index contributed by atoms with van der Waals surface area (Å²) >= 11 is 0. The maximum atomic E-state index is 13.4. The molecule has 156 valence electrons. The molecular formula is C28H21NO3. The average molecular weight is 419 g/mol. The summed E-state index contributed by atoms with van der Waals surface area (Å²) in [6, 6.07) is 28.1. The molecule has 0 radical (unpaired) electrons. The van der Waals surface area contributed by atoms with Gasteiger partial charge in [0, 0.05) is 5.56 Å². The second-order valence-corrected chi connectivity index (χ2v) is 8.48. The fourth-order valence-electron chi connectivity index (χ4n) is 4.93. The standard InChI is InChI=1S/C28H21NO3/c1-17(18-6-3-2-4-7-18)29-16-24(32-28(29)31)27(30)23-14-21-12-10-19-8-5-9-20-11-13-22(15-23)26(21)25(19)20/h2-15,17,24H,16H2,1H3/t17-,24+/m1/s1. The lowest BCUT2D eigenvalue weighted by molar-refractivity contribution is 0.0760. The van der Waals surface area contributed by atoms with Crippen molar-refractivity contribution in [2.45, 2.75) is 19.1 Å². The van der Waals surface area contributed by atoms with Crippen LogP contribution in [-0.2, 0) is 4.74 Å². The zero-order valence-electron chi connectivity index (χ0n) is 17.6. The fourth-order valence-corrected chi connectivity index (χ4v) is 4.93. The number of amides is 1. The first-order valence-corrected chi connectivity index (χ1v) is 10.8. The lowest BCUT2D eigenvalue weighted by Gasteiger charge is -2.22. The zero-order valence-corrected chi connectivity index (χ0v) is 17.6. The highest BCUT2D eigenvalue weighted by molar-refractivity contribution is 6.24. The molecule has 0 bridgehead atoms. The molecule has 1 saturated heterocycles. The third-order valence-electron chi connectivity index (χ3n) is 6.63. The monoisotopic (exact) mass is 419 g/mol. The molecule has 1 aliphatic rings. The zero-order chi connectivity index (χ0) is 21.8. The maximum Gasteiger partial charge on any atom is 0.411 e. The number of carbonyl (C=O) groups excluding carboxylic acids is 2. The molecule has 1 fully saturated rings. The molecule has 6 rings (SSSR count). The van der Waals surface area contributed by atoms with Crippen molar-refractivity contribution in [1.29, 1.82) is 0 Å². The third-order valence-corrected chi connectivity index (χ3v) is 6.63. The van der Waals surface area contributed by atoms with Crippen LogP contribution >= 0.6 is 0 Å². The predicted octanol–water partition coefficient (Wildman–Crippen LogP) is 6.35. The van der Waals surface area contributed by atoms with Crippen LogP contribution in [0.15, 0.2) is 84.9 Å². The second kappa shape index (κ2) is 7.06. The molecule has 4 heteroatoms. The minimum atomic E-state index is -0.804. The summed E-state index contributed by atoms with van der Waals surface area (Å²) in [7, 11) is 0. The van der Waals surface area contributed by atoms with Crippen molar-refractivity contribution < 1.29 is 14.3 Å². The Morgan fingerprint density at radius 1 is 0.844 bits per heavy atom. The van der Waals surface area contributed by atoms with Crippen molar-refractivity contribution in [2.75, 3.05) is 6.54 Å². The van der Waals surface area contributed by atoms with Gasteiger partial charge in [-0.05, 0) is 56.9 Å². The van der Waals surface area contributed by atoms with Crippen LogP contribution < -0.4 is 0 Å². The van der Waals surface area contributed by atoms with Crippen LogP contribution in [0, 0.1) is 0 Å². The largest absolute Gasteiger partial charge is 0.436 e.